The fraction of sp³-hybridized carbons (Fsp3) is 0.538. The molecule has 1 aliphatic rings. The quantitative estimate of drug-likeness (QED) is 0.897. The van der Waals surface area contributed by atoms with E-state index in [9.17, 15) is 0 Å². The first kappa shape index (κ1) is 12.6. The summed E-state index contributed by atoms with van der Waals surface area (Å²) in [5, 5.41) is 9.69. The number of hydrogen-bond acceptors (Lipinski definition) is 6. The molecule has 6 heteroatoms. The molecule has 3 rings (SSSR count). The van der Waals surface area contributed by atoms with Crippen LogP contribution in [0.25, 0.3) is 10.2 Å². The molecular weight excluding hydrogens is 258 g/mol. The number of hydrogen-bond donors (Lipinski definition) is 2. The minimum atomic E-state index is 0.613. The van der Waals surface area contributed by atoms with E-state index in [1.165, 1.54) is 19.4 Å². The van der Waals surface area contributed by atoms with Crippen LogP contribution >= 0.6 is 11.3 Å². The van der Waals surface area contributed by atoms with Gasteiger partial charge in [-0.05, 0) is 37.9 Å². The second-order valence-electron chi connectivity index (χ2n) is 4.94. The van der Waals surface area contributed by atoms with Crippen LogP contribution in [0.3, 0.4) is 0 Å². The molecule has 2 aromatic rings. The lowest BCUT2D eigenvalue weighted by atomic mass is 10.2. The fourth-order valence-corrected chi connectivity index (χ4v) is 3.32. The van der Waals surface area contributed by atoms with Gasteiger partial charge in [-0.2, -0.15) is 4.98 Å². The maximum Gasteiger partial charge on any atom is 0.225 e. The second kappa shape index (κ2) is 5.30. The van der Waals surface area contributed by atoms with Gasteiger partial charge in [-0.3, -0.25) is 0 Å². The third-order valence-electron chi connectivity index (χ3n) is 3.73. The van der Waals surface area contributed by atoms with Crippen molar-refractivity contribution in [1.82, 2.24) is 14.9 Å². The molecule has 19 heavy (non-hydrogen) atoms. The molecule has 0 saturated carbocycles. The minimum absolute atomic E-state index is 0.613. The predicted octanol–water partition coefficient (Wildman–Crippen LogP) is 2.24. The summed E-state index contributed by atoms with van der Waals surface area (Å²) in [6.07, 6.45) is 2.56. The van der Waals surface area contributed by atoms with Crippen molar-refractivity contribution >= 4 is 33.3 Å². The number of nitrogens with zero attached hydrogens (tertiary/aromatic N) is 3. The third kappa shape index (κ3) is 2.50. The van der Waals surface area contributed by atoms with Gasteiger partial charge in [-0.1, -0.05) is 0 Å². The average Bonchev–Trinajstić information content (AvgIpc) is 3.04. The van der Waals surface area contributed by atoms with E-state index in [4.69, 9.17) is 0 Å². The average molecular weight is 277 g/mol. The lowest BCUT2D eigenvalue weighted by Gasteiger charge is -2.20. The van der Waals surface area contributed by atoms with Gasteiger partial charge in [0.2, 0.25) is 5.95 Å². The summed E-state index contributed by atoms with van der Waals surface area (Å²) in [4.78, 5) is 12.4. The first-order chi connectivity index (χ1) is 9.28. The highest BCUT2D eigenvalue weighted by atomic mass is 32.1. The van der Waals surface area contributed by atoms with Gasteiger partial charge in [0.15, 0.2) is 0 Å². The Morgan fingerprint density at radius 3 is 3.11 bits per heavy atom. The number of rotatable bonds is 4. The molecule has 0 aromatic carbocycles. The van der Waals surface area contributed by atoms with Gasteiger partial charge in [0.25, 0.3) is 0 Å². The van der Waals surface area contributed by atoms with Gasteiger partial charge in [-0.15, -0.1) is 11.3 Å². The Kier molecular flexibility index (Phi) is 3.52. The third-order valence-corrected chi connectivity index (χ3v) is 4.53. The zero-order valence-corrected chi connectivity index (χ0v) is 12.1. The largest absolute Gasteiger partial charge is 0.368 e. The second-order valence-corrected chi connectivity index (χ2v) is 5.84. The van der Waals surface area contributed by atoms with E-state index < -0.39 is 0 Å². The van der Waals surface area contributed by atoms with Crippen molar-refractivity contribution in [1.29, 1.82) is 0 Å². The first-order valence-corrected chi connectivity index (χ1v) is 7.53. The highest BCUT2D eigenvalue weighted by Gasteiger charge is 2.21. The normalized spacial score (nSPS) is 20.0. The molecule has 102 valence electrons. The van der Waals surface area contributed by atoms with E-state index in [1.807, 2.05) is 7.05 Å². The summed E-state index contributed by atoms with van der Waals surface area (Å²) in [5.74, 6) is 1.62. The molecule has 2 N–H and O–H groups in total. The lowest BCUT2D eigenvalue weighted by Crippen LogP contribution is -2.31. The van der Waals surface area contributed by atoms with Crippen LogP contribution in [0.5, 0.6) is 0 Å². The minimum Gasteiger partial charge on any atom is -0.368 e. The standard InChI is InChI=1S/C13H19N5S/c1-14-13-16-11(10-5-7-19-12(10)17-13)15-8-9-4-3-6-18(9)2/h5,7,9H,3-4,6,8H2,1-2H3,(H2,14,15,16,17). The number of likely N-dealkylation sites (tertiary alicyclic amines) is 1. The molecule has 0 bridgehead atoms. The summed E-state index contributed by atoms with van der Waals surface area (Å²) in [6, 6.07) is 2.70. The summed E-state index contributed by atoms with van der Waals surface area (Å²) in [6.45, 7) is 2.15. The Balaban J connectivity index is 1.81. The van der Waals surface area contributed by atoms with E-state index in [1.54, 1.807) is 11.3 Å². The maximum absolute atomic E-state index is 4.53. The molecule has 1 fully saturated rings. The Morgan fingerprint density at radius 2 is 2.37 bits per heavy atom. The van der Waals surface area contributed by atoms with Gasteiger partial charge in [-0.25, -0.2) is 4.98 Å². The molecular formula is C13H19N5S. The molecule has 1 saturated heterocycles. The molecule has 1 atom stereocenters. The summed E-state index contributed by atoms with van der Waals surface area (Å²) < 4.78 is 0. The Bertz CT molecular complexity index is 567. The number of nitrogens with one attached hydrogen (secondary N) is 2. The number of aromatic nitrogens is 2. The van der Waals surface area contributed by atoms with Crippen molar-refractivity contribution < 1.29 is 0 Å². The SMILES string of the molecule is CNc1nc(NCC2CCCN2C)c2ccsc2n1. The zero-order chi connectivity index (χ0) is 13.2. The fourth-order valence-electron chi connectivity index (χ4n) is 2.55. The van der Waals surface area contributed by atoms with E-state index in [-0.39, 0.29) is 0 Å². The van der Waals surface area contributed by atoms with Crippen LogP contribution in [0.2, 0.25) is 0 Å². The van der Waals surface area contributed by atoms with Crippen LogP contribution in [0.1, 0.15) is 12.8 Å². The van der Waals surface area contributed by atoms with Crippen LogP contribution in [0.4, 0.5) is 11.8 Å². The lowest BCUT2D eigenvalue weighted by molar-refractivity contribution is 0.322. The summed E-state index contributed by atoms with van der Waals surface area (Å²) in [5.41, 5.74) is 0. The van der Waals surface area contributed by atoms with Crippen molar-refractivity contribution in [3.05, 3.63) is 11.4 Å². The van der Waals surface area contributed by atoms with Crippen LogP contribution in [-0.2, 0) is 0 Å². The molecule has 0 radical (unpaired) electrons. The van der Waals surface area contributed by atoms with Gasteiger partial charge < -0.3 is 15.5 Å². The smallest absolute Gasteiger partial charge is 0.225 e. The molecule has 0 spiro atoms. The zero-order valence-electron chi connectivity index (χ0n) is 11.3. The molecule has 2 aromatic heterocycles. The van der Waals surface area contributed by atoms with Crippen molar-refractivity contribution in [2.45, 2.75) is 18.9 Å². The summed E-state index contributed by atoms with van der Waals surface area (Å²) >= 11 is 1.65. The Morgan fingerprint density at radius 1 is 1.47 bits per heavy atom. The van der Waals surface area contributed by atoms with Gasteiger partial charge >= 0.3 is 0 Å². The monoisotopic (exact) mass is 277 g/mol. The van der Waals surface area contributed by atoms with Crippen molar-refractivity contribution in [2.75, 3.05) is 37.8 Å². The van der Waals surface area contributed by atoms with E-state index in [2.05, 4.69) is 44.0 Å². The molecule has 0 amide bonds. The van der Waals surface area contributed by atoms with Crippen LogP contribution in [0.15, 0.2) is 11.4 Å². The topological polar surface area (TPSA) is 53.1 Å². The molecule has 0 aliphatic carbocycles. The highest BCUT2D eigenvalue weighted by molar-refractivity contribution is 7.16. The van der Waals surface area contributed by atoms with Crippen LogP contribution < -0.4 is 10.6 Å². The maximum atomic E-state index is 4.53. The van der Waals surface area contributed by atoms with Crippen LogP contribution in [0, 0.1) is 0 Å². The van der Waals surface area contributed by atoms with Gasteiger partial charge in [0, 0.05) is 19.6 Å². The first-order valence-electron chi connectivity index (χ1n) is 6.65. The summed E-state index contributed by atoms with van der Waals surface area (Å²) in [7, 11) is 4.04. The molecule has 1 aliphatic heterocycles. The number of thiophene rings is 1. The Hall–Kier alpha value is -1.40. The van der Waals surface area contributed by atoms with Crippen molar-refractivity contribution in [3.63, 3.8) is 0 Å². The van der Waals surface area contributed by atoms with Gasteiger partial charge in [0.05, 0.1) is 5.39 Å². The van der Waals surface area contributed by atoms with Gasteiger partial charge in [0.1, 0.15) is 10.6 Å². The van der Waals surface area contributed by atoms with E-state index >= 15 is 0 Å². The molecule has 1 unspecified atom stereocenters. The Labute approximate surface area is 117 Å². The van der Waals surface area contributed by atoms with E-state index in [0.717, 1.165) is 22.6 Å². The van der Waals surface area contributed by atoms with Crippen molar-refractivity contribution in [3.8, 4) is 0 Å². The molecule has 3 heterocycles. The number of anilines is 2. The predicted molar refractivity (Wildman–Crippen MR) is 81.1 cm³/mol. The highest BCUT2D eigenvalue weighted by Crippen LogP contribution is 2.26. The van der Waals surface area contributed by atoms with E-state index in [0.29, 0.717) is 12.0 Å². The van der Waals surface area contributed by atoms with Crippen molar-refractivity contribution in [2.24, 2.45) is 0 Å². The van der Waals surface area contributed by atoms with Crippen LogP contribution in [-0.4, -0.2) is 48.1 Å². The number of likely N-dealkylation sites (N-methyl/N-ethyl adjacent to an activating group) is 1. The number of fused-ring (bicyclic) bond motifs is 1. The molecule has 5 nitrogen and oxygen atoms in total.